The molecule has 0 amide bonds. The second kappa shape index (κ2) is 3.81. The Morgan fingerprint density at radius 3 is 2.79 bits per heavy atom. The molecule has 0 spiro atoms. The second-order valence-corrected chi connectivity index (χ2v) is 3.85. The minimum Gasteiger partial charge on any atom is -0.291 e. The highest BCUT2D eigenvalue weighted by Gasteiger charge is 2.19. The molecule has 2 rings (SSSR count). The van der Waals surface area contributed by atoms with Gasteiger partial charge in [-0.05, 0) is 24.6 Å². The second-order valence-electron chi connectivity index (χ2n) is 3.85. The first-order chi connectivity index (χ1) is 6.81. The van der Waals surface area contributed by atoms with Gasteiger partial charge in [-0.3, -0.25) is 4.90 Å². The van der Waals surface area contributed by atoms with E-state index in [2.05, 4.69) is 35.2 Å². The summed E-state index contributed by atoms with van der Waals surface area (Å²) in [7, 11) is 2.03. The highest BCUT2D eigenvalue weighted by Crippen LogP contribution is 2.18. The molecule has 1 aliphatic heterocycles. The lowest BCUT2D eigenvalue weighted by atomic mass is 10.0. The first kappa shape index (κ1) is 9.23. The zero-order valence-corrected chi connectivity index (χ0v) is 8.40. The molecule has 72 valence electrons. The molecule has 0 fully saturated rings. The number of hydrogen-bond donors (Lipinski definition) is 0. The topological polar surface area (TPSA) is 27.0 Å². The Morgan fingerprint density at radius 2 is 2.07 bits per heavy atom. The third kappa shape index (κ3) is 1.64. The fourth-order valence-corrected chi connectivity index (χ4v) is 1.96. The van der Waals surface area contributed by atoms with Gasteiger partial charge in [-0.1, -0.05) is 24.3 Å². The largest absolute Gasteiger partial charge is 0.291 e. The lowest BCUT2D eigenvalue weighted by Crippen LogP contribution is -2.31. The van der Waals surface area contributed by atoms with E-state index in [1.807, 2.05) is 7.05 Å². The van der Waals surface area contributed by atoms with Crippen LogP contribution in [0.15, 0.2) is 24.3 Å². The van der Waals surface area contributed by atoms with E-state index >= 15 is 0 Å². The van der Waals surface area contributed by atoms with E-state index in [4.69, 9.17) is 5.26 Å². The molecule has 1 aliphatic rings. The van der Waals surface area contributed by atoms with E-state index in [0.29, 0.717) is 0 Å². The van der Waals surface area contributed by atoms with Gasteiger partial charge >= 0.3 is 0 Å². The lowest BCUT2D eigenvalue weighted by molar-refractivity contribution is 0.298. The summed E-state index contributed by atoms with van der Waals surface area (Å²) in [5, 5.41) is 9.02. The van der Waals surface area contributed by atoms with Crippen LogP contribution in [0.2, 0.25) is 0 Å². The zero-order chi connectivity index (χ0) is 9.97. The van der Waals surface area contributed by atoms with Crippen LogP contribution < -0.4 is 0 Å². The van der Waals surface area contributed by atoms with Gasteiger partial charge in [0.1, 0.15) is 6.04 Å². The van der Waals surface area contributed by atoms with E-state index in [1.165, 1.54) is 11.1 Å². The Labute approximate surface area is 84.8 Å². The van der Waals surface area contributed by atoms with E-state index in [1.54, 1.807) is 0 Å². The van der Waals surface area contributed by atoms with Crippen LogP contribution in [0.5, 0.6) is 0 Å². The van der Waals surface area contributed by atoms with Gasteiger partial charge in [-0.2, -0.15) is 5.26 Å². The molecule has 0 aromatic heterocycles. The highest BCUT2D eigenvalue weighted by molar-refractivity contribution is 5.30. The maximum Gasteiger partial charge on any atom is 0.102 e. The van der Waals surface area contributed by atoms with E-state index in [-0.39, 0.29) is 6.04 Å². The maximum absolute atomic E-state index is 9.02. The van der Waals surface area contributed by atoms with Crippen LogP contribution in [0.4, 0.5) is 0 Å². The van der Waals surface area contributed by atoms with Crippen molar-refractivity contribution in [3.05, 3.63) is 35.4 Å². The molecule has 0 saturated carbocycles. The van der Waals surface area contributed by atoms with Crippen LogP contribution in [-0.4, -0.2) is 24.5 Å². The molecular weight excluding hydrogens is 172 g/mol. The average Bonchev–Trinajstić information content (AvgIpc) is 2.38. The van der Waals surface area contributed by atoms with Crippen molar-refractivity contribution in [2.75, 3.05) is 13.6 Å². The first-order valence-corrected chi connectivity index (χ1v) is 4.98. The standard InChI is InChI=1S/C12H14N2/c1-14-7-6-10-4-2-3-5-11(10)8-12(14)9-13/h2-5,12H,6-8H2,1H3/t12-/m0/s1. The van der Waals surface area contributed by atoms with E-state index in [0.717, 1.165) is 19.4 Å². The van der Waals surface area contributed by atoms with Crippen molar-refractivity contribution >= 4 is 0 Å². The molecule has 14 heavy (non-hydrogen) atoms. The molecule has 2 heteroatoms. The third-order valence-electron chi connectivity index (χ3n) is 2.95. The third-order valence-corrected chi connectivity index (χ3v) is 2.95. The number of benzene rings is 1. The fraction of sp³-hybridized carbons (Fsp3) is 0.417. The van der Waals surface area contributed by atoms with Gasteiger partial charge in [-0.15, -0.1) is 0 Å². The van der Waals surface area contributed by atoms with Gasteiger partial charge < -0.3 is 0 Å². The summed E-state index contributed by atoms with van der Waals surface area (Å²) >= 11 is 0. The van der Waals surface area contributed by atoms with Gasteiger partial charge in [-0.25, -0.2) is 0 Å². The van der Waals surface area contributed by atoms with Crippen molar-refractivity contribution < 1.29 is 0 Å². The number of rotatable bonds is 0. The molecule has 1 aromatic carbocycles. The molecule has 0 bridgehead atoms. The molecular formula is C12H14N2. The summed E-state index contributed by atoms with van der Waals surface area (Å²) in [6, 6.07) is 10.8. The number of nitriles is 1. The average molecular weight is 186 g/mol. The summed E-state index contributed by atoms with van der Waals surface area (Å²) in [5.41, 5.74) is 2.74. The molecule has 1 heterocycles. The van der Waals surface area contributed by atoms with E-state index < -0.39 is 0 Å². The Kier molecular flexibility index (Phi) is 2.51. The van der Waals surface area contributed by atoms with Crippen molar-refractivity contribution in [2.24, 2.45) is 0 Å². The summed E-state index contributed by atoms with van der Waals surface area (Å²) in [5.74, 6) is 0. The zero-order valence-electron chi connectivity index (χ0n) is 8.40. The minimum absolute atomic E-state index is 0.0404. The van der Waals surface area contributed by atoms with Gasteiger partial charge in [0, 0.05) is 13.0 Å². The number of fused-ring (bicyclic) bond motifs is 1. The SMILES string of the molecule is CN1CCc2ccccc2C[C@H]1C#N. The first-order valence-electron chi connectivity index (χ1n) is 4.98. The van der Waals surface area contributed by atoms with E-state index in [9.17, 15) is 0 Å². The number of hydrogen-bond acceptors (Lipinski definition) is 2. The number of likely N-dealkylation sites (N-methyl/N-ethyl adjacent to an activating group) is 1. The van der Waals surface area contributed by atoms with Gasteiger partial charge in [0.2, 0.25) is 0 Å². The predicted molar refractivity (Wildman–Crippen MR) is 55.9 cm³/mol. The van der Waals surface area contributed by atoms with Crippen molar-refractivity contribution in [2.45, 2.75) is 18.9 Å². The van der Waals surface area contributed by atoms with Crippen LogP contribution in [0.3, 0.4) is 0 Å². The van der Waals surface area contributed by atoms with Crippen molar-refractivity contribution in [3.63, 3.8) is 0 Å². The van der Waals surface area contributed by atoms with Gasteiger partial charge in [0.05, 0.1) is 6.07 Å². The summed E-state index contributed by atoms with van der Waals surface area (Å²) in [4.78, 5) is 2.14. The Bertz CT molecular complexity index is 365. The highest BCUT2D eigenvalue weighted by atomic mass is 15.1. The molecule has 0 unspecified atom stereocenters. The molecule has 0 aliphatic carbocycles. The molecule has 0 radical (unpaired) electrons. The normalized spacial score (nSPS) is 22.1. The van der Waals surface area contributed by atoms with Crippen LogP contribution in [0, 0.1) is 11.3 Å². The molecule has 0 N–H and O–H groups in total. The fourth-order valence-electron chi connectivity index (χ4n) is 1.96. The Morgan fingerprint density at radius 1 is 1.36 bits per heavy atom. The van der Waals surface area contributed by atoms with Crippen molar-refractivity contribution in [1.29, 1.82) is 5.26 Å². The summed E-state index contributed by atoms with van der Waals surface area (Å²) in [6.07, 6.45) is 1.92. The monoisotopic (exact) mass is 186 g/mol. The Balaban J connectivity index is 2.32. The predicted octanol–water partition coefficient (Wildman–Crippen LogP) is 1.61. The molecule has 2 nitrogen and oxygen atoms in total. The van der Waals surface area contributed by atoms with Crippen molar-refractivity contribution in [1.82, 2.24) is 4.90 Å². The molecule has 1 aromatic rings. The van der Waals surface area contributed by atoms with Crippen LogP contribution in [-0.2, 0) is 12.8 Å². The molecule has 0 saturated heterocycles. The maximum atomic E-state index is 9.02. The summed E-state index contributed by atoms with van der Waals surface area (Å²) < 4.78 is 0. The Hall–Kier alpha value is -1.33. The number of nitrogens with zero attached hydrogens (tertiary/aromatic N) is 2. The quantitative estimate of drug-likeness (QED) is 0.615. The van der Waals surface area contributed by atoms with Crippen molar-refractivity contribution in [3.8, 4) is 6.07 Å². The smallest absolute Gasteiger partial charge is 0.102 e. The van der Waals surface area contributed by atoms with Crippen LogP contribution >= 0.6 is 0 Å². The van der Waals surface area contributed by atoms with Crippen LogP contribution in [0.25, 0.3) is 0 Å². The van der Waals surface area contributed by atoms with Gasteiger partial charge in [0.15, 0.2) is 0 Å². The minimum atomic E-state index is 0.0404. The molecule has 1 atom stereocenters. The van der Waals surface area contributed by atoms with Gasteiger partial charge in [0.25, 0.3) is 0 Å². The lowest BCUT2D eigenvalue weighted by Gasteiger charge is -2.18. The summed E-state index contributed by atoms with van der Waals surface area (Å²) in [6.45, 7) is 0.981. The van der Waals surface area contributed by atoms with Crippen LogP contribution in [0.1, 0.15) is 11.1 Å².